The maximum atomic E-state index is 13.5. The molecule has 2 aliphatic heterocycles. The zero-order valence-electron chi connectivity index (χ0n) is 24.8. The number of piperazine rings is 1. The lowest BCUT2D eigenvalue weighted by Crippen LogP contribution is -2.47. The van der Waals surface area contributed by atoms with E-state index in [0.717, 1.165) is 51.6 Å². The SMILES string of the molecule is COc1cc(/C=C2\SC(N3CCN(CCCc4ccccc4)CC3)=NC2=O)ccc1OCc1ccc(C(F)(F)F)cc1C(F)(F)F. The summed E-state index contributed by atoms with van der Waals surface area (Å²) < 4.78 is 90.5. The summed E-state index contributed by atoms with van der Waals surface area (Å²) in [7, 11) is 1.34. The van der Waals surface area contributed by atoms with Crippen molar-refractivity contribution in [2.45, 2.75) is 31.8 Å². The summed E-state index contributed by atoms with van der Waals surface area (Å²) in [5.74, 6) is -0.108. The monoisotopic (exact) mass is 663 g/mol. The second-order valence-electron chi connectivity index (χ2n) is 10.8. The van der Waals surface area contributed by atoms with Crippen LogP contribution in [0.2, 0.25) is 0 Å². The number of nitrogens with zero attached hydrogens (tertiary/aromatic N) is 3. The van der Waals surface area contributed by atoms with Crippen molar-refractivity contribution >= 4 is 28.9 Å². The Morgan fingerprint density at radius 3 is 2.30 bits per heavy atom. The van der Waals surface area contributed by atoms with E-state index in [4.69, 9.17) is 9.47 Å². The van der Waals surface area contributed by atoms with Gasteiger partial charge in [-0.05, 0) is 72.6 Å². The Morgan fingerprint density at radius 2 is 1.63 bits per heavy atom. The fourth-order valence-corrected chi connectivity index (χ4v) is 6.15. The average molecular weight is 664 g/mol. The van der Waals surface area contributed by atoms with Gasteiger partial charge in [0, 0.05) is 31.7 Å². The number of rotatable bonds is 9. The molecule has 13 heteroatoms. The minimum Gasteiger partial charge on any atom is -0.493 e. The van der Waals surface area contributed by atoms with Crippen LogP contribution in [0.1, 0.15) is 34.2 Å². The zero-order chi connectivity index (χ0) is 32.9. The van der Waals surface area contributed by atoms with Crippen molar-refractivity contribution in [1.82, 2.24) is 9.80 Å². The molecule has 0 unspecified atom stereocenters. The van der Waals surface area contributed by atoms with Gasteiger partial charge in [0.05, 0.1) is 23.1 Å². The predicted molar refractivity (Wildman–Crippen MR) is 165 cm³/mol. The number of methoxy groups -OCH3 is 1. The van der Waals surface area contributed by atoms with Crippen molar-refractivity contribution in [2.24, 2.45) is 4.99 Å². The summed E-state index contributed by atoms with van der Waals surface area (Å²) in [6, 6.07) is 16.4. The lowest BCUT2D eigenvalue weighted by atomic mass is 10.0. The summed E-state index contributed by atoms with van der Waals surface area (Å²) in [6.07, 6.45) is -6.18. The number of amides is 1. The summed E-state index contributed by atoms with van der Waals surface area (Å²) in [4.78, 5) is 21.9. The van der Waals surface area contributed by atoms with Crippen molar-refractivity contribution in [3.8, 4) is 11.5 Å². The van der Waals surface area contributed by atoms with Crippen LogP contribution >= 0.6 is 11.8 Å². The van der Waals surface area contributed by atoms with Gasteiger partial charge in [-0.15, -0.1) is 0 Å². The molecular formula is C33H31F6N3O3S. The molecule has 2 heterocycles. The molecule has 0 saturated carbocycles. The number of benzene rings is 3. The fraction of sp³-hybridized carbons (Fsp3) is 0.333. The highest BCUT2D eigenvalue weighted by atomic mass is 32.2. The summed E-state index contributed by atoms with van der Waals surface area (Å²) in [5.41, 5.74) is -1.39. The smallest absolute Gasteiger partial charge is 0.416 e. The molecule has 0 aliphatic carbocycles. The van der Waals surface area contributed by atoms with Crippen LogP contribution in [0.15, 0.2) is 76.6 Å². The molecule has 0 N–H and O–H groups in total. The van der Waals surface area contributed by atoms with Crippen LogP contribution in [-0.2, 0) is 30.2 Å². The third-order valence-corrected chi connectivity index (χ3v) is 8.69. The van der Waals surface area contributed by atoms with E-state index in [1.54, 1.807) is 18.2 Å². The molecule has 3 aromatic carbocycles. The van der Waals surface area contributed by atoms with Crippen molar-refractivity contribution in [3.05, 3.63) is 99.5 Å². The van der Waals surface area contributed by atoms with E-state index in [2.05, 4.69) is 26.9 Å². The first kappa shape index (κ1) is 33.4. The largest absolute Gasteiger partial charge is 0.493 e. The van der Waals surface area contributed by atoms with Crippen LogP contribution in [0.4, 0.5) is 26.3 Å². The van der Waals surface area contributed by atoms with E-state index in [1.807, 2.05) is 18.2 Å². The molecule has 0 atom stereocenters. The van der Waals surface area contributed by atoms with E-state index in [1.165, 1.54) is 30.5 Å². The standard InChI is InChI=1S/C33H31F6N3O3S/c1-44-28-18-23(9-12-27(28)45-21-24-10-11-25(32(34,35)36)20-26(24)33(37,38)39)19-29-30(43)40-31(46-29)42-16-14-41(15-17-42)13-5-8-22-6-3-2-4-7-22/h2-4,6-7,9-12,18-20H,5,8,13-17,21H2,1H3/b29-19-. The number of aryl methyl sites for hydroxylation is 1. The zero-order valence-corrected chi connectivity index (χ0v) is 25.6. The van der Waals surface area contributed by atoms with Crippen LogP contribution < -0.4 is 9.47 Å². The van der Waals surface area contributed by atoms with Gasteiger partial charge < -0.3 is 14.4 Å². The van der Waals surface area contributed by atoms with E-state index >= 15 is 0 Å². The molecule has 1 amide bonds. The Hall–Kier alpha value is -3.97. The number of carbonyl (C=O) groups excluding carboxylic acids is 1. The van der Waals surface area contributed by atoms with Crippen LogP contribution in [-0.4, -0.2) is 60.7 Å². The number of thioether (sulfide) groups is 1. The maximum absolute atomic E-state index is 13.5. The fourth-order valence-electron chi connectivity index (χ4n) is 5.19. The number of carbonyl (C=O) groups is 1. The van der Waals surface area contributed by atoms with E-state index < -0.39 is 35.6 Å². The number of halogens is 6. The first-order valence-electron chi connectivity index (χ1n) is 14.5. The molecule has 0 spiro atoms. The maximum Gasteiger partial charge on any atom is 0.416 e. The van der Waals surface area contributed by atoms with Gasteiger partial charge >= 0.3 is 12.4 Å². The second kappa shape index (κ2) is 14.2. The third-order valence-electron chi connectivity index (χ3n) is 7.65. The van der Waals surface area contributed by atoms with Gasteiger partial charge in [0.1, 0.15) is 6.61 Å². The van der Waals surface area contributed by atoms with Gasteiger partial charge in [-0.2, -0.15) is 31.3 Å². The number of hydrogen-bond donors (Lipinski definition) is 0. The van der Waals surface area contributed by atoms with Crippen LogP contribution in [0.5, 0.6) is 11.5 Å². The number of amidine groups is 1. The third kappa shape index (κ3) is 8.43. The highest BCUT2D eigenvalue weighted by molar-refractivity contribution is 8.18. The molecule has 2 aliphatic rings. The Bertz CT molecular complexity index is 1600. The molecule has 0 aromatic heterocycles. The minimum absolute atomic E-state index is 0.0743. The lowest BCUT2D eigenvalue weighted by molar-refractivity contribution is -0.143. The van der Waals surface area contributed by atoms with Crippen molar-refractivity contribution in [1.29, 1.82) is 0 Å². The van der Waals surface area contributed by atoms with Crippen molar-refractivity contribution in [2.75, 3.05) is 39.8 Å². The molecule has 1 fully saturated rings. The average Bonchev–Trinajstić information content (AvgIpc) is 3.39. The topological polar surface area (TPSA) is 54.4 Å². The van der Waals surface area contributed by atoms with Gasteiger partial charge in [-0.3, -0.25) is 9.69 Å². The Balaban J connectivity index is 1.17. The molecule has 6 nitrogen and oxygen atoms in total. The molecule has 5 rings (SSSR count). The van der Waals surface area contributed by atoms with Crippen molar-refractivity contribution < 1.29 is 40.6 Å². The molecule has 0 radical (unpaired) electrons. The molecule has 3 aromatic rings. The van der Waals surface area contributed by atoms with Gasteiger partial charge in [0.15, 0.2) is 16.7 Å². The first-order valence-corrected chi connectivity index (χ1v) is 15.3. The summed E-state index contributed by atoms with van der Waals surface area (Å²) in [5, 5.41) is 0.643. The summed E-state index contributed by atoms with van der Waals surface area (Å²) >= 11 is 1.28. The number of ether oxygens (including phenoxy) is 2. The first-order chi connectivity index (χ1) is 21.9. The normalized spacial score (nSPS) is 17.0. The Kier molecular flexibility index (Phi) is 10.3. The van der Waals surface area contributed by atoms with Crippen LogP contribution in [0, 0.1) is 0 Å². The Morgan fingerprint density at radius 1 is 0.891 bits per heavy atom. The van der Waals surface area contributed by atoms with Crippen molar-refractivity contribution in [3.63, 3.8) is 0 Å². The second-order valence-corrected chi connectivity index (χ2v) is 11.8. The highest BCUT2D eigenvalue weighted by Crippen LogP contribution is 2.39. The molecular weight excluding hydrogens is 632 g/mol. The van der Waals surface area contributed by atoms with E-state index in [-0.39, 0.29) is 23.5 Å². The van der Waals surface area contributed by atoms with E-state index in [9.17, 15) is 31.1 Å². The minimum atomic E-state index is -5.01. The van der Waals surface area contributed by atoms with Crippen LogP contribution in [0.25, 0.3) is 6.08 Å². The van der Waals surface area contributed by atoms with Gasteiger partial charge in [-0.25, -0.2) is 0 Å². The van der Waals surface area contributed by atoms with Gasteiger partial charge in [0.25, 0.3) is 5.91 Å². The molecule has 0 bridgehead atoms. The number of alkyl halides is 6. The highest BCUT2D eigenvalue weighted by Gasteiger charge is 2.38. The van der Waals surface area contributed by atoms with Gasteiger partial charge in [0.2, 0.25) is 0 Å². The van der Waals surface area contributed by atoms with E-state index in [0.29, 0.717) is 21.7 Å². The molecule has 46 heavy (non-hydrogen) atoms. The number of hydrogen-bond acceptors (Lipinski definition) is 6. The predicted octanol–water partition coefficient (Wildman–Crippen LogP) is 7.53. The Labute approximate surface area is 266 Å². The molecule has 244 valence electrons. The van der Waals surface area contributed by atoms with Crippen LogP contribution in [0.3, 0.4) is 0 Å². The lowest BCUT2D eigenvalue weighted by Gasteiger charge is -2.35. The quantitative estimate of drug-likeness (QED) is 0.174. The summed E-state index contributed by atoms with van der Waals surface area (Å²) in [6.45, 7) is 3.62. The van der Waals surface area contributed by atoms with Gasteiger partial charge in [-0.1, -0.05) is 42.5 Å². The molecule has 1 saturated heterocycles. The number of aliphatic imine (C=N–C) groups is 1.